The molecule has 7 aromatic rings. The first-order valence-corrected chi connectivity index (χ1v) is 19.3. The third-order valence-electron chi connectivity index (χ3n) is 8.55. The van der Waals surface area contributed by atoms with E-state index in [9.17, 15) is 8.42 Å². The summed E-state index contributed by atoms with van der Waals surface area (Å²) in [4.78, 5) is 0. The van der Waals surface area contributed by atoms with Crippen LogP contribution in [0, 0.1) is 13.8 Å². The molecule has 0 atom stereocenters. The second-order valence-electron chi connectivity index (χ2n) is 12.3. The highest BCUT2D eigenvalue weighted by molar-refractivity contribution is 7.90. The SMILES string of the molecule is COc1cccc(OC)c1-n1c(CS(=O)(=O)CCc2ccc(Cl)cc2)nnc1-c1ccc(C)o1.COc1cccc(OC)c1-n1c(N)nnc1-c1ccc(C)o1. The molecule has 0 saturated carbocycles. The van der Waals surface area contributed by atoms with Gasteiger partial charge in [-0.25, -0.2) is 8.42 Å². The maximum atomic E-state index is 13.1. The fourth-order valence-corrected chi connectivity index (χ4v) is 7.29. The number of halogens is 1. The predicted octanol–water partition coefficient (Wildman–Crippen LogP) is 7.10. The minimum Gasteiger partial charge on any atom is -0.494 e. The third kappa shape index (κ3) is 8.50. The number of methoxy groups -OCH3 is 4. The molecular weight excluding hydrogens is 762 g/mol. The molecule has 15 nitrogen and oxygen atoms in total. The van der Waals surface area contributed by atoms with E-state index in [2.05, 4.69) is 20.4 Å². The van der Waals surface area contributed by atoms with E-state index >= 15 is 0 Å². The summed E-state index contributed by atoms with van der Waals surface area (Å²) in [7, 11) is 2.67. The minimum atomic E-state index is -3.54. The van der Waals surface area contributed by atoms with Gasteiger partial charge in [0.05, 0.1) is 34.2 Å². The van der Waals surface area contributed by atoms with Crippen LogP contribution in [-0.4, -0.2) is 72.1 Å². The van der Waals surface area contributed by atoms with Crippen LogP contribution in [0.4, 0.5) is 5.95 Å². The average molecular weight is 802 g/mol. The van der Waals surface area contributed by atoms with Crippen LogP contribution in [0.15, 0.2) is 93.8 Å². The fraction of sp³-hybridized carbons (Fsp3) is 0.231. The molecule has 0 fully saturated rings. The van der Waals surface area contributed by atoms with Gasteiger partial charge in [0.25, 0.3) is 0 Å². The van der Waals surface area contributed by atoms with Crippen molar-refractivity contribution in [2.24, 2.45) is 0 Å². The molecule has 0 unspecified atom stereocenters. The van der Waals surface area contributed by atoms with Crippen LogP contribution in [-0.2, 0) is 22.0 Å². The molecular formula is C39H40ClN7O8S. The topological polar surface area (TPSA) is 185 Å². The number of rotatable bonds is 13. The first-order chi connectivity index (χ1) is 27.0. The van der Waals surface area contributed by atoms with E-state index in [1.807, 2.05) is 56.3 Å². The lowest BCUT2D eigenvalue weighted by atomic mass is 10.2. The number of para-hydroxylation sites is 2. The van der Waals surface area contributed by atoms with Gasteiger partial charge in [0.2, 0.25) is 17.6 Å². The Kier molecular flexibility index (Phi) is 12.0. The molecule has 3 aromatic carbocycles. The summed E-state index contributed by atoms with van der Waals surface area (Å²) in [6, 6.07) is 25.1. The van der Waals surface area contributed by atoms with Gasteiger partial charge in [-0.2, -0.15) is 0 Å². The largest absolute Gasteiger partial charge is 0.494 e. The highest BCUT2D eigenvalue weighted by atomic mass is 35.5. The highest BCUT2D eigenvalue weighted by Crippen LogP contribution is 2.38. The number of benzene rings is 3. The number of nitrogens with two attached hydrogens (primary N) is 1. The number of nitrogen functional groups attached to an aromatic ring is 1. The molecule has 0 aliphatic carbocycles. The molecule has 0 saturated heterocycles. The third-order valence-corrected chi connectivity index (χ3v) is 10.3. The average Bonchev–Trinajstić information content (AvgIpc) is 4.01. The number of anilines is 1. The summed E-state index contributed by atoms with van der Waals surface area (Å²) < 4.78 is 62.8. The smallest absolute Gasteiger partial charge is 0.227 e. The maximum absolute atomic E-state index is 13.1. The van der Waals surface area contributed by atoms with Crippen LogP contribution in [0.3, 0.4) is 0 Å². The molecule has 56 heavy (non-hydrogen) atoms. The van der Waals surface area contributed by atoms with Crippen LogP contribution in [0.5, 0.6) is 23.0 Å². The van der Waals surface area contributed by atoms with Crippen LogP contribution >= 0.6 is 11.6 Å². The van der Waals surface area contributed by atoms with Crippen molar-refractivity contribution >= 4 is 27.4 Å². The van der Waals surface area contributed by atoms with Gasteiger partial charge in [-0.05, 0) is 86.5 Å². The Morgan fingerprint density at radius 1 is 0.643 bits per heavy atom. The van der Waals surface area contributed by atoms with Crippen molar-refractivity contribution in [3.8, 4) is 57.5 Å². The van der Waals surface area contributed by atoms with E-state index in [1.54, 1.807) is 65.8 Å². The van der Waals surface area contributed by atoms with Crippen molar-refractivity contribution in [2.75, 3.05) is 39.9 Å². The van der Waals surface area contributed by atoms with E-state index in [0.29, 0.717) is 74.7 Å². The van der Waals surface area contributed by atoms with Crippen LogP contribution in [0.2, 0.25) is 5.02 Å². The van der Waals surface area contributed by atoms with Gasteiger partial charge in [-0.15, -0.1) is 20.4 Å². The standard InChI is InChI=1S/C24H24ClN3O5S.C15H16N4O3/c1-16-7-12-21(33-16)24-27-26-22(28(24)23-19(31-2)5-4-6-20(23)32-3)15-34(29,30)14-13-17-8-10-18(25)11-9-17;1-9-7-8-12(22-9)14-17-18-15(16)19(14)13-10(20-2)5-4-6-11(13)21-3/h4-12H,13-15H2,1-3H3;4-8H,1-3H3,(H2,16,18). The lowest BCUT2D eigenvalue weighted by molar-refractivity contribution is 0.390. The van der Waals surface area contributed by atoms with Crippen molar-refractivity contribution in [1.82, 2.24) is 29.5 Å². The van der Waals surface area contributed by atoms with E-state index in [0.717, 1.165) is 11.3 Å². The number of nitrogens with zero attached hydrogens (tertiary/aromatic N) is 6. The van der Waals surface area contributed by atoms with Crippen LogP contribution in [0.25, 0.3) is 34.5 Å². The molecule has 0 bridgehead atoms. The summed E-state index contributed by atoms with van der Waals surface area (Å²) in [6.45, 7) is 3.67. The van der Waals surface area contributed by atoms with Gasteiger partial charge in [0.1, 0.15) is 51.6 Å². The van der Waals surface area contributed by atoms with Gasteiger partial charge in [0.15, 0.2) is 27.2 Å². The zero-order valence-corrected chi connectivity index (χ0v) is 33.1. The maximum Gasteiger partial charge on any atom is 0.227 e. The molecule has 7 rings (SSSR count). The summed E-state index contributed by atoms with van der Waals surface area (Å²) in [5.41, 5.74) is 8.00. The van der Waals surface area contributed by atoms with E-state index < -0.39 is 9.84 Å². The lowest BCUT2D eigenvalue weighted by Gasteiger charge is -2.17. The zero-order valence-electron chi connectivity index (χ0n) is 31.5. The molecule has 4 heterocycles. The molecule has 0 amide bonds. The van der Waals surface area contributed by atoms with Gasteiger partial charge in [-0.3, -0.25) is 9.13 Å². The number of sulfone groups is 1. The van der Waals surface area contributed by atoms with E-state index in [4.69, 9.17) is 45.1 Å². The molecule has 0 aliphatic heterocycles. The lowest BCUT2D eigenvalue weighted by Crippen LogP contribution is -2.16. The van der Waals surface area contributed by atoms with Gasteiger partial charge < -0.3 is 33.5 Å². The Balaban J connectivity index is 0.000000208. The Hall–Kier alpha value is -6.26. The first kappa shape index (κ1) is 39.4. The minimum absolute atomic E-state index is 0.0558. The second kappa shape index (κ2) is 17.0. The number of aromatic nitrogens is 6. The van der Waals surface area contributed by atoms with Crippen molar-refractivity contribution < 1.29 is 36.2 Å². The summed E-state index contributed by atoms with van der Waals surface area (Å²) in [5, 5.41) is 17.2. The molecule has 0 spiro atoms. The zero-order chi connectivity index (χ0) is 40.0. The normalized spacial score (nSPS) is 11.2. The summed E-state index contributed by atoms with van der Waals surface area (Å²) >= 11 is 5.92. The number of furan rings is 2. The van der Waals surface area contributed by atoms with Crippen LogP contribution < -0.4 is 24.7 Å². The Morgan fingerprint density at radius 2 is 1.11 bits per heavy atom. The predicted molar refractivity (Wildman–Crippen MR) is 211 cm³/mol. The fourth-order valence-electron chi connectivity index (χ4n) is 5.89. The number of aryl methyl sites for hydroxylation is 3. The first-order valence-electron chi connectivity index (χ1n) is 17.1. The Labute approximate surface area is 328 Å². The molecule has 4 aromatic heterocycles. The molecule has 17 heteroatoms. The molecule has 0 radical (unpaired) electrons. The Bertz CT molecular complexity index is 2500. The van der Waals surface area contributed by atoms with Crippen LogP contribution in [0.1, 0.15) is 22.9 Å². The quantitative estimate of drug-likeness (QED) is 0.125. The molecule has 2 N–H and O–H groups in total. The number of ether oxygens (including phenoxy) is 4. The van der Waals surface area contributed by atoms with Crippen molar-refractivity contribution in [2.45, 2.75) is 26.0 Å². The summed E-state index contributed by atoms with van der Waals surface area (Å²) in [6.07, 6.45) is 0.357. The molecule has 0 aliphatic rings. The van der Waals surface area contributed by atoms with Crippen molar-refractivity contribution in [3.63, 3.8) is 0 Å². The van der Waals surface area contributed by atoms with Gasteiger partial charge in [0, 0.05) is 5.02 Å². The van der Waals surface area contributed by atoms with E-state index in [-0.39, 0.29) is 23.3 Å². The monoisotopic (exact) mass is 801 g/mol. The van der Waals surface area contributed by atoms with Crippen molar-refractivity contribution in [3.05, 3.63) is 113 Å². The number of hydrogen-bond donors (Lipinski definition) is 1. The number of hydrogen-bond acceptors (Lipinski definition) is 13. The summed E-state index contributed by atoms with van der Waals surface area (Å²) in [5.74, 6) is 5.50. The Morgan fingerprint density at radius 3 is 1.57 bits per heavy atom. The second-order valence-corrected chi connectivity index (χ2v) is 14.9. The molecule has 292 valence electrons. The highest BCUT2D eigenvalue weighted by Gasteiger charge is 2.27. The van der Waals surface area contributed by atoms with Crippen molar-refractivity contribution in [1.29, 1.82) is 0 Å². The van der Waals surface area contributed by atoms with E-state index in [1.165, 1.54) is 14.2 Å². The van der Waals surface area contributed by atoms with Gasteiger partial charge >= 0.3 is 0 Å². The van der Waals surface area contributed by atoms with Gasteiger partial charge in [-0.1, -0.05) is 35.9 Å².